The molecule has 0 amide bonds. The third kappa shape index (κ3) is 3.88. The number of sulfone groups is 1. The SMILES string of the molecule is CN(CC(C)(C)CN)c1ccccc1S(=O)(=O)C(F)(F)F. The Bertz CT molecular complexity index is 598. The van der Waals surface area contributed by atoms with Crippen molar-refractivity contribution in [2.45, 2.75) is 24.3 Å². The minimum Gasteiger partial charge on any atom is -0.373 e. The summed E-state index contributed by atoms with van der Waals surface area (Å²) < 4.78 is 61.5. The Kier molecular flexibility index (Phi) is 4.94. The average Bonchev–Trinajstić information content (AvgIpc) is 2.37. The van der Waals surface area contributed by atoms with Crippen molar-refractivity contribution in [3.8, 4) is 0 Å². The van der Waals surface area contributed by atoms with Gasteiger partial charge in [-0.15, -0.1) is 0 Å². The number of anilines is 1. The molecule has 2 N–H and O–H groups in total. The Balaban J connectivity index is 3.29. The molecule has 21 heavy (non-hydrogen) atoms. The minimum atomic E-state index is -5.39. The van der Waals surface area contributed by atoms with E-state index >= 15 is 0 Å². The lowest BCUT2D eigenvalue weighted by Gasteiger charge is -2.31. The Labute approximate surface area is 122 Å². The molecule has 0 aliphatic heterocycles. The summed E-state index contributed by atoms with van der Waals surface area (Å²) in [5.74, 6) is 0. The van der Waals surface area contributed by atoms with Crippen molar-refractivity contribution in [1.82, 2.24) is 0 Å². The molecular formula is C13H19F3N2O2S. The molecule has 0 fully saturated rings. The lowest BCUT2D eigenvalue weighted by molar-refractivity contribution is -0.0435. The predicted molar refractivity (Wildman–Crippen MR) is 75.8 cm³/mol. The van der Waals surface area contributed by atoms with Crippen LogP contribution in [0.3, 0.4) is 0 Å². The van der Waals surface area contributed by atoms with Crippen LogP contribution in [0.4, 0.5) is 18.9 Å². The van der Waals surface area contributed by atoms with E-state index in [1.807, 2.05) is 13.8 Å². The first-order valence-corrected chi connectivity index (χ1v) is 7.72. The first-order valence-electron chi connectivity index (χ1n) is 6.24. The van der Waals surface area contributed by atoms with Gasteiger partial charge in [0.15, 0.2) is 0 Å². The second-order valence-corrected chi connectivity index (χ2v) is 7.55. The summed E-state index contributed by atoms with van der Waals surface area (Å²) in [5, 5.41) is 0. The van der Waals surface area contributed by atoms with Gasteiger partial charge in [0.1, 0.15) is 0 Å². The van der Waals surface area contributed by atoms with E-state index in [-0.39, 0.29) is 11.1 Å². The van der Waals surface area contributed by atoms with Crippen LogP contribution in [0.15, 0.2) is 29.2 Å². The van der Waals surface area contributed by atoms with E-state index in [0.717, 1.165) is 6.07 Å². The van der Waals surface area contributed by atoms with Gasteiger partial charge in [-0.2, -0.15) is 13.2 Å². The van der Waals surface area contributed by atoms with Gasteiger partial charge in [0.05, 0.1) is 10.6 Å². The Hall–Kier alpha value is -1.28. The second-order valence-electron chi connectivity index (χ2n) is 5.64. The summed E-state index contributed by atoms with van der Waals surface area (Å²) in [5.41, 5.74) is -0.0720. The van der Waals surface area contributed by atoms with Crippen molar-refractivity contribution in [3.05, 3.63) is 24.3 Å². The molecule has 8 heteroatoms. The Morgan fingerprint density at radius 1 is 1.19 bits per heavy atom. The molecule has 0 saturated carbocycles. The topological polar surface area (TPSA) is 63.4 Å². The quantitative estimate of drug-likeness (QED) is 0.903. The summed E-state index contributed by atoms with van der Waals surface area (Å²) in [6.45, 7) is 4.36. The third-order valence-corrected chi connectivity index (χ3v) is 4.62. The van der Waals surface area contributed by atoms with E-state index in [2.05, 4.69) is 0 Å². The van der Waals surface area contributed by atoms with E-state index in [1.165, 1.54) is 23.1 Å². The van der Waals surface area contributed by atoms with Crippen molar-refractivity contribution in [2.75, 3.05) is 25.0 Å². The van der Waals surface area contributed by atoms with Crippen LogP contribution in [-0.4, -0.2) is 34.1 Å². The summed E-state index contributed by atoms with van der Waals surface area (Å²) in [7, 11) is -3.84. The van der Waals surface area contributed by atoms with Crippen LogP contribution < -0.4 is 10.6 Å². The van der Waals surface area contributed by atoms with Crippen molar-refractivity contribution >= 4 is 15.5 Å². The number of nitrogens with two attached hydrogens (primary N) is 1. The molecule has 0 atom stereocenters. The first kappa shape index (κ1) is 17.8. The molecule has 1 aromatic rings. The monoisotopic (exact) mass is 324 g/mol. The zero-order chi connectivity index (χ0) is 16.5. The number of hydrogen-bond donors (Lipinski definition) is 1. The van der Waals surface area contributed by atoms with Crippen molar-refractivity contribution in [1.29, 1.82) is 0 Å². The largest absolute Gasteiger partial charge is 0.501 e. The highest BCUT2D eigenvalue weighted by Gasteiger charge is 2.48. The standard InChI is InChI=1S/C13H19F3N2O2S/c1-12(2,8-17)9-18(3)10-6-4-5-7-11(10)21(19,20)13(14,15)16/h4-7H,8-9,17H2,1-3H3. The zero-order valence-electron chi connectivity index (χ0n) is 12.1. The Morgan fingerprint density at radius 2 is 1.71 bits per heavy atom. The highest BCUT2D eigenvalue weighted by Crippen LogP contribution is 2.36. The number of hydrogen-bond acceptors (Lipinski definition) is 4. The number of alkyl halides is 3. The molecule has 4 nitrogen and oxygen atoms in total. The fourth-order valence-corrected chi connectivity index (χ4v) is 2.92. The maximum absolute atomic E-state index is 12.7. The molecular weight excluding hydrogens is 305 g/mol. The van der Waals surface area contributed by atoms with Crippen molar-refractivity contribution in [2.24, 2.45) is 11.1 Å². The lowest BCUT2D eigenvalue weighted by atomic mass is 9.93. The van der Waals surface area contributed by atoms with Crippen LogP contribution in [0.2, 0.25) is 0 Å². The molecule has 0 aromatic heterocycles. The third-order valence-electron chi connectivity index (χ3n) is 3.09. The molecule has 0 aliphatic rings. The second kappa shape index (κ2) is 5.84. The molecule has 120 valence electrons. The van der Waals surface area contributed by atoms with Gasteiger partial charge >= 0.3 is 5.51 Å². The van der Waals surface area contributed by atoms with Crippen LogP contribution >= 0.6 is 0 Å². The highest BCUT2D eigenvalue weighted by atomic mass is 32.2. The first-order chi connectivity index (χ1) is 9.42. The van der Waals surface area contributed by atoms with Crippen molar-refractivity contribution < 1.29 is 21.6 Å². The number of halogens is 3. The van der Waals surface area contributed by atoms with E-state index in [1.54, 1.807) is 7.05 Å². The number of rotatable bonds is 5. The van der Waals surface area contributed by atoms with Gasteiger partial charge in [-0.3, -0.25) is 0 Å². The molecule has 0 radical (unpaired) electrons. The van der Waals surface area contributed by atoms with Gasteiger partial charge in [0.2, 0.25) is 0 Å². The molecule has 0 unspecified atom stereocenters. The fourth-order valence-electron chi connectivity index (χ4n) is 1.92. The minimum absolute atomic E-state index is 0.0105. The smallest absolute Gasteiger partial charge is 0.373 e. The molecule has 0 bridgehead atoms. The van der Waals surface area contributed by atoms with Crippen molar-refractivity contribution in [3.63, 3.8) is 0 Å². The maximum Gasteiger partial charge on any atom is 0.501 e. The predicted octanol–water partition coefficient (Wildman–Crippen LogP) is 2.40. The number of para-hydroxylation sites is 1. The summed E-state index contributed by atoms with van der Waals surface area (Å²) in [4.78, 5) is 0.735. The maximum atomic E-state index is 12.7. The van der Waals surface area contributed by atoms with Crippen LogP contribution in [0.5, 0.6) is 0 Å². The lowest BCUT2D eigenvalue weighted by Crippen LogP contribution is -2.37. The highest BCUT2D eigenvalue weighted by molar-refractivity contribution is 7.92. The van der Waals surface area contributed by atoms with Gasteiger partial charge in [-0.05, 0) is 24.1 Å². The van der Waals surface area contributed by atoms with Crippen LogP contribution in [-0.2, 0) is 9.84 Å². The van der Waals surface area contributed by atoms with Gasteiger partial charge in [-0.1, -0.05) is 26.0 Å². The van der Waals surface area contributed by atoms with Gasteiger partial charge in [-0.25, -0.2) is 8.42 Å². The molecule has 0 aliphatic carbocycles. The van der Waals surface area contributed by atoms with Crippen LogP contribution in [0.25, 0.3) is 0 Å². The zero-order valence-corrected chi connectivity index (χ0v) is 12.9. The summed E-state index contributed by atoms with van der Waals surface area (Å²) in [6.07, 6.45) is 0. The Morgan fingerprint density at radius 3 is 2.19 bits per heavy atom. The summed E-state index contributed by atoms with van der Waals surface area (Å²) in [6, 6.07) is 5.08. The molecule has 0 spiro atoms. The van der Waals surface area contributed by atoms with Crippen LogP contribution in [0.1, 0.15) is 13.8 Å². The van der Waals surface area contributed by atoms with E-state index in [0.29, 0.717) is 13.1 Å². The molecule has 1 rings (SSSR count). The average molecular weight is 324 g/mol. The molecule has 0 heterocycles. The normalized spacial score (nSPS) is 13.3. The van der Waals surface area contributed by atoms with Gasteiger partial charge in [0, 0.05) is 13.6 Å². The molecule has 1 aromatic carbocycles. The van der Waals surface area contributed by atoms with Gasteiger partial charge in [0.25, 0.3) is 9.84 Å². The van der Waals surface area contributed by atoms with Crippen LogP contribution in [0, 0.1) is 5.41 Å². The van der Waals surface area contributed by atoms with Gasteiger partial charge < -0.3 is 10.6 Å². The number of nitrogens with zero attached hydrogens (tertiary/aromatic N) is 1. The summed E-state index contributed by atoms with van der Waals surface area (Å²) >= 11 is 0. The van der Waals surface area contributed by atoms with E-state index < -0.39 is 20.2 Å². The van der Waals surface area contributed by atoms with E-state index in [4.69, 9.17) is 5.73 Å². The number of benzene rings is 1. The van der Waals surface area contributed by atoms with E-state index in [9.17, 15) is 21.6 Å². The molecule has 0 saturated heterocycles. The fraction of sp³-hybridized carbons (Fsp3) is 0.538.